The van der Waals surface area contributed by atoms with E-state index in [1.54, 1.807) is 0 Å². The van der Waals surface area contributed by atoms with Crippen molar-refractivity contribution < 1.29 is 14.2 Å². The summed E-state index contributed by atoms with van der Waals surface area (Å²) in [7, 11) is -3.06. The Balaban J connectivity index is 4.38. The molecule has 1 unspecified atom stereocenters. The minimum atomic E-state index is -3.06. The molecule has 3 nitrogen and oxygen atoms in total. The van der Waals surface area contributed by atoms with Crippen LogP contribution in [0.3, 0.4) is 0 Å². The van der Waals surface area contributed by atoms with Crippen molar-refractivity contribution in [1.29, 1.82) is 0 Å². The van der Waals surface area contributed by atoms with E-state index in [9.17, 15) is 14.2 Å². The third-order valence-corrected chi connectivity index (χ3v) is 2.48. The third-order valence-electron chi connectivity index (χ3n) is 0.826. The van der Waals surface area contributed by atoms with Crippen molar-refractivity contribution in [3.05, 3.63) is 0 Å². The molecule has 46 valence electrons. The molecule has 0 rings (SSSR count). The Labute approximate surface area is 47.4 Å². The summed E-state index contributed by atoms with van der Waals surface area (Å²) in [6.45, 7) is 2.30. The summed E-state index contributed by atoms with van der Waals surface area (Å²) in [6, 6.07) is 0.218. The summed E-state index contributed by atoms with van der Waals surface area (Å²) >= 11 is 0. The van der Waals surface area contributed by atoms with Crippen molar-refractivity contribution in [1.82, 2.24) is 0 Å². The Kier molecular flexibility index (Phi) is 2.11. The van der Waals surface area contributed by atoms with Crippen LogP contribution in [-0.2, 0) is 14.2 Å². The Morgan fingerprint density at radius 3 is 2.00 bits per heavy atom. The highest BCUT2D eigenvalue weighted by Crippen LogP contribution is 2.37. The highest BCUT2D eigenvalue weighted by Gasteiger charge is 2.18. The van der Waals surface area contributed by atoms with E-state index in [4.69, 9.17) is 0 Å². The number of rotatable bonds is 2. The average molecular weight is 134 g/mol. The average Bonchev–Trinajstić information content (AvgIpc) is 1.67. The lowest BCUT2D eigenvalue weighted by molar-refractivity contribution is -0.109. The molecule has 1 atom stereocenters. The van der Waals surface area contributed by atoms with Gasteiger partial charge in [0.05, 0.1) is 0 Å². The maximum absolute atomic E-state index is 10.6. The van der Waals surface area contributed by atoms with Gasteiger partial charge in [-0.3, -0.25) is 9.59 Å². The first-order chi connectivity index (χ1) is 3.50. The molecule has 4 heteroatoms. The molecule has 0 bridgehead atoms. The number of carbonyl (C=O) groups is 2. The van der Waals surface area contributed by atoms with Crippen molar-refractivity contribution >= 4 is 18.7 Å². The number of hydrogen-bond acceptors (Lipinski definition) is 3. The molecule has 0 heterocycles. The van der Waals surface area contributed by atoms with Crippen LogP contribution in [0, 0.1) is 0 Å². The first kappa shape index (κ1) is 7.57. The van der Waals surface area contributed by atoms with Crippen LogP contribution in [0.15, 0.2) is 0 Å². The molecule has 0 aliphatic carbocycles. The molecule has 0 N–H and O–H groups in total. The van der Waals surface area contributed by atoms with Crippen LogP contribution in [0.2, 0.25) is 0 Å². The van der Waals surface area contributed by atoms with E-state index in [1.165, 1.54) is 0 Å². The van der Waals surface area contributed by atoms with Crippen LogP contribution >= 0.6 is 7.14 Å². The SMILES string of the molecule is CC(=O)P(C)(=O)C=O. The second-order valence-electron chi connectivity index (χ2n) is 1.61. The van der Waals surface area contributed by atoms with Crippen LogP contribution in [0.5, 0.6) is 0 Å². The van der Waals surface area contributed by atoms with E-state index < -0.39 is 12.7 Å². The van der Waals surface area contributed by atoms with Crippen molar-refractivity contribution in [2.45, 2.75) is 6.92 Å². The fraction of sp³-hybridized carbons (Fsp3) is 0.500. The quantitative estimate of drug-likeness (QED) is 0.413. The molecular formula is C4H7O3P. The van der Waals surface area contributed by atoms with Gasteiger partial charge in [0.1, 0.15) is 0 Å². The maximum atomic E-state index is 10.6. The highest BCUT2D eigenvalue weighted by atomic mass is 31.2. The summed E-state index contributed by atoms with van der Waals surface area (Å²) in [5, 5.41) is 0. The monoisotopic (exact) mass is 134 g/mol. The van der Waals surface area contributed by atoms with Crippen LogP contribution in [0.25, 0.3) is 0 Å². The minimum absolute atomic E-state index is 0.218. The molecule has 8 heavy (non-hydrogen) atoms. The molecule has 0 amide bonds. The van der Waals surface area contributed by atoms with E-state index in [0.717, 1.165) is 13.6 Å². The normalized spacial score (nSPS) is 16.8. The Bertz CT molecular complexity index is 161. The van der Waals surface area contributed by atoms with Crippen molar-refractivity contribution in [3.8, 4) is 0 Å². The van der Waals surface area contributed by atoms with Gasteiger partial charge in [0.15, 0.2) is 11.6 Å². The van der Waals surface area contributed by atoms with Crippen LogP contribution in [0.4, 0.5) is 0 Å². The van der Waals surface area contributed by atoms with Gasteiger partial charge in [-0.15, -0.1) is 0 Å². The fourth-order valence-electron chi connectivity index (χ4n) is 0.0742. The van der Waals surface area contributed by atoms with Crippen molar-refractivity contribution in [2.24, 2.45) is 0 Å². The Morgan fingerprint density at radius 1 is 1.62 bits per heavy atom. The third kappa shape index (κ3) is 1.58. The maximum Gasteiger partial charge on any atom is 0.204 e. The Morgan fingerprint density at radius 2 is 2.00 bits per heavy atom. The first-order valence-electron chi connectivity index (χ1n) is 2.05. The van der Waals surface area contributed by atoms with Gasteiger partial charge in [-0.25, -0.2) is 0 Å². The van der Waals surface area contributed by atoms with E-state index in [1.807, 2.05) is 0 Å². The first-order valence-corrected chi connectivity index (χ1v) is 4.27. The van der Waals surface area contributed by atoms with Gasteiger partial charge >= 0.3 is 0 Å². The highest BCUT2D eigenvalue weighted by molar-refractivity contribution is 7.91. The molecule has 0 aromatic rings. The smallest absolute Gasteiger partial charge is 0.204 e. The molecule has 0 fully saturated rings. The largest absolute Gasteiger partial charge is 0.308 e. The van der Waals surface area contributed by atoms with Crippen molar-refractivity contribution in [2.75, 3.05) is 6.66 Å². The summed E-state index contributed by atoms with van der Waals surface area (Å²) in [5.74, 6) is 0. The Hall–Kier alpha value is -0.430. The lowest BCUT2D eigenvalue weighted by Gasteiger charge is -1.93. The van der Waals surface area contributed by atoms with Crippen LogP contribution in [-0.4, -0.2) is 18.2 Å². The second kappa shape index (κ2) is 2.23. The standard InChI is InChI=1S/C4H7O3P/c1-4(6)8(2,7)3-5/h3H,1-2H3. The molecule has 0 saturated heterocycles. The number of hydrogen-bond donors (Lipinski definition) is 0. The molecule has 0 aliphatic rings. The molecule has 0 spiro atoms. The molecule has 0 aromatic carbocycles. The van der Waals surface area contributed by atoms with Gasteiger partial charge < -0.3 is 4.57 Å². The zero-order valence-electron chi connectivity index (χ0n) is 4.75. The van der Waals surface area contributed by atoms with E-state index in [2.05, 4.69) is 0 Å². The second-order valence-corrected chi connectivity index (χ2v) is 4.44. The van der Waals surface area contributed by atoms with Gasteiger partial charge in [-0.2, -0.15) is 0 Å². The topological polar surface area (TPSA) is 51.2 Å². The summed E-state index contributed by atoms with van der Waals surface area (Å²) in [4.78, 5) is 20.0. The summed E-state index contributed by atoms with van der Waals surface area (Å²) in [5.41, 5.74) is -0.535. The summed E-state index contributed by atoms with van der Waals surface area (Å²) in [6.07, 6.45) is 0. The van der Waals surface area contributed by atoms with Crippen LogP contribution in [0.1, 0.15) is 6.92 Å². The molecular weight excluding hydrogens is 127 g/mol. The van der Waals surface area contributed by atoms with Crippen molar-refractivity contribution in [3.63, 3.8) is 0 Å². The van der Waals surface area contributed by atoms with Gasteiger partial charge in [0.2, 0.25) is 7.14 Å². The summed E-state index contributed by atoms with van der Waals surface area (Å²) < 4.78 is 10.6. The molecule has 0 aliphatic heterocycles. The zero-order chi connectivity index (χ0) is 6.78. The van der Waals surface area contributed by atoms with Gasteiger partial charge in [0, 0.05) is 13.6 Å². The van der Waals surface area contributed by atoms with E-state index in [-0.39, 0.29) is 6.03 Å². The lowest BCUT2D eigenvalue weighted by Crippen LogP contribution is -1.91. The van der Waals surface area contributed by atoms with E-state index in [0.29, 0.717) is 0 Å². The van der Waals surface area contributed by atoms with Gasteiger partial charge in [-0.1, -0.05) is 0 Å². The minimum Gasteiger partial charge on any atom is -0.308 e. The predicted molar refractivity (Wildman–Crippen MR) is 31.0 cm³/mol. The van der Waals surface area contributed by atoms with Gasteiger partial charge in [-0.05, 0) is 0 Å². The fourth-order valence-corrected chi connectivity index (χ4v) is 0.223. The molecule has 0 saturated carbocycles. The zero-order valence-corrected chi connectivity index (χ0v) is 5.64. The molecule has 0 radical (unpaired) electrons. The predicted octanol–water partition coefficient (Wildman–Crippen LogP) is 0.716. The van der Waals surface area contributed by atoms with Gasteiger partial charge in [0.25, 0.3) is 0 Å². The van der Waals surface area contributed by atoms with E-state index >= 15 is 0 Å². The lowest BCUT2D eigenvalue weighted by atomic mass is 10.9. The van der Waals surface area contributed by atoms with Crippen LogP contribution < -0.4 is 0 Å². The number of carbonyl (C=O) groups excluding carboxylic acids is 2. The molecule has 0 aromatic heterocycles.